The first kappa shape index (κ1) is 23.8. The first-order valence-electron chi connectivity index (χ1n) is 10.2. The fourth-order valence-electron chi connectivity index (χ4n) is 3.16. The van der Waals surface area contributed by atoms with Gasteiger partial charge in [0.25, 0.3) is 5.91 Å². The molecule has 6 nitrogen and oxygen atoms in total. The highest BCUT2D eigenvalue weighted by molar-refractivity contribution is 7.89. The van der Waals surface area contributed by atoms with Gasteiger partial charge in [-0.05, 0) is 48.7 Å². The maximum atomic E-state index is 12.7. The molecule has 0 aliphatic heterocycles. The van der Waals surface area contributed by atoms with E-state index in [2.05, 4.69) is 10.0 Å². The van der Waals surface area contributed by atoms with Crippen molar-refractivity contribution in [1.29, 1.82) is 0 Å². The number of ether oxygens (including phenoxy) is 1. The summed E-state index contributed by atoms with van der Waals surface area (Å²) in [5.74, 6) is -0.113. The third-order valence-electron chi connectivity index (χ3n) is 4.88. The van der Waals surface area contributed by atoms with Crippen molar-refractivity contribution < 1.29 is 17.9 Å². The van der Waals surface area contributed by atoms with E-state index in [0.29, 0.717) is 0 Å². The van der Waals surface area contributed by atoms with Crippen molar-refractivity contribution in [2.24, 2.45) is 0 Å². The van der Waals surface area contributed by atoms with E-state index in [1.165, 1.54) is 18.2 Å². The zero-order valence-corrected chi connectivity index (χ0v) is 19.4. The van der Waals surface area contributed by atoms with Crippen molar-refractivity contribution in [2.45, 2.75) is 31.2 Å². The molecule has 0 unspecified atom stereocenters. The number of para-hydroxylation sites is 1. The number of carbonyl (C=O) groups is 1. The van der Waals surface area contributed by atoms with Crippen molar-refractivity contribution in [3.8, 4) is 5.75 Å². The van der Waals surface area contributed by atoms with E-state index < -0.39 is 16.1 Å². The Bertz CT molecular complexity index is 1180. The van der Waals surface area contributed by atoms with E-state index in [0.717, 1.165) is 23.2 Å². The van der Waals surface area contributed by atoms with Gasteiger partial charge in [-0.2, -0.15) is 0 Å². The number of carbonyl (C=O) groups excluding carboxylic acids is 1. The summed E-state index contributed by atoms with van der Waals surface area (Å²) >= 11 is 6.23. The van der Waals surface area contributed by atoms with Crippen LogP contribution in [-0.4, -0.2) is 20.9 Å². The van der Waals surface area contributed by atoms with Crippen LogP contribution < -0.4 is 14.8 Å². The maximum absolute atomic E-state index is 12.7. The summed E-state index contributed by atoms with van der Waals surface area (Å²) in [5, 5.41) is 2.91. The molecule has 32 heavy (non-hydrogen) atoms. The van der Waals surface area contributed by atoms with E-state index in [1.54, 1.807) is 6.92 Å². The normalized spacial score (nSPS) is 12.2. The summed E-state index contributed by atoms with van der Waals surface area (Å²) in [5.41, 5.74) is 2.60. The Morgan fingerprint density at radius 3 is 2.41 bits per heavy atom. The van der Waals surface area contributed by atoms with Crippen molar-refractivity contribution >= 4 is 33.2 Å². The van der Waals surface area contributed by atoms with Gasteiger partial charge >= 0.3 is 0 Å². The number of nitrogens with one attached hydrogen (secondary N) is 2. The molecule has 1 atom stereocenters. The maximum Gasteiger partial charge on any atom is 0.262 e. The molecule has 0 aliphatic carbocycles. The first-order chi connectivity index (χ1) is 15.3. The Kier molecular flexibility index (Phi) is 7.90. The highest BCUT2D eigenvalue weighted by Gasteiger charge is 2.20. The minimum absolute atomic E-state index is 0.0129. The smallest absolute Gasteiger partial charge is 0.262 e. The Morgan fingerprint density at radius 1 is 1.03 bits per heavy atom. The molecule has 0 spiro atoms. The third-order valence-corrected chi connectivity index (χ3v) is 6.71. The number of aryl methyl sites for hydroxylation is 1. The molecule has 0 bridgehead atoms. The van der Waals surface area contributed by atoms with Crippen molar-refractivity contribution in [3.05, 3.63) is 88.9 Å². The molecule has 0 heterocycles. The molecule has 3 rings (SSSR count). The number of rotatable bonds is 9. The van der Waals surface area contributed by atoms with Gasteiger partial charge in [-0.3, -0.25) is 4.79 Å². The molecule has 0 saturated heterocycles. The van der Waals surface area contributed by atoms with Crippen LogP contribution in [0.3, 0.4) is 0 Å². The summed E-state index contributed by atoms with van der Waals surface area (Å²) < 4.78 is 33.6. The van der Waals surface area contributed by atoms with E-state index in [-0.39, 0.29) is 28.2 Å². The fraction of sp³-hybridized carbons (Fsp3) is 0.208. The topological polar surface area (TPSA) is 84.5 Å². The van der Waals surface area contributed by atoms with Crippen LogP contribution in [0.15, 0.2) is 77.7 Å². The summed E-state index contributed by atoms with van der Waals surface area (Å²) in [6.45, 7) is 3.51. The van der Waals surface area contributed by atoms with Gasteiger partial charge in [0, 0.05) is 11.7 Å². The molecule has 1 amide bonds. The van der Waals surface area contributed by atoms with Gasteiger partial charge in [-0.15, -0.1) is 0 Å². The average molecular weight is 473 g/mol. The number of halogens is 1. The molecule has 0 fully saturated rings. The lowest BCUT2D eigenvalue weighted by molar-refractivity contribution is -0.118. The van der Waals surface area contributed by atoms with Gasteiger partial charge in [-0.25, -0.2) is 13.1 Å². The molecule has 0 aromatic heterocycles. The minimum atomic E-state index is -3.80. The second-order valence-corrected chi connectivity index (χ2v) is 9.31. The van der Waals surface area contributed by atoms with Crippen LogP contribution in [0, 0.1) is 0 Å². The molecule has 0 saturated carbocycles. The predicted molar refractivity (Wildman–Crippen MR) is 127 cm³/mol. The molecule has 0 radical (unpaired) electrons. The Hall–Kier alpha value is -2.87. The van der Waals surface area contributed by atoms with Crippen LogP contribution in [0.25, 0.3) is 0 Å². The van der Waals surface area contributed by atoms with E-state index in [9.17, 15) is 13.2 Å². The molecule has 2 N–H and O–H groups in total. The van der Waals surface area contributed by atoms with Gasteiger partial charge in [0.15, 0.2) is 6.61 Å². The second kappa shape index (κ2) is 10.6. The zero-order chi connectivity index (χ0) is 23.1. The lowest BCUT2D eigenvalue weighted by Gasteiger charge is -2.15. The summed E-state index contributed by atoms with van der Waals surface area (Å²) in [4.78, 5) is 12.3. The van der Waals surface area contributed by atoms with Crippen molar-refractivity contribution in [1.82, 2.24) is 4.72 Å². The lowest BCUT2D eigenvalue weighted by Crippen LogP contribution is -2.27. The van der Waals surface area contributed by atoms with Gasteiger partial charge in [0.05, 0.1) is 9.92 Å². The van der Waals surface area contributed by atoms with Crippen LogP contribution in [0.2, 0.25) is 5.02 Å². The molecule has 8 heteroatoms. The predicted octanol–water partition coefficient (Wildman–Crippen LogP) is 4.96. The minimum Gasteiger partial charge on any atom is -0.482 e. The summed E-state index contributed by atoms with van der Waals surface area (Å²) in [7, 11) is -3.80. The van der Waals surface area contributed by atoms with E-state index in [4.69, 9.17) is 16.3 Å². The molecule has 3 aromatic carbocycles. The Labute approximate surface area is 193 Å². The van der Waals surface area contributed by atoms with Crippen molar-refractivity contribution in [3.63, 3.8) is 0 Å². The highest BCUT2D eigenvalue weighted by atomic mass is 35.5. The standard InChI is InChI=1S/C24H25ClN2O4S/c1-3-18-9-7-8-12-22(18)26-24(28)16-31-23-14-13-20(15-21(23)25)32(29,30)27-17(2)19-10-5-4-6-11-19/h4-15,17,27H,3,16H2,1-2H3,(H,26,28)/t17-/m1/s1. The SMILES string of the molecule is CCc1ccccc1NC(=O)COc1ccc(S(=O)(=O)N[C@H](C)c2ccccc2)cc1Cl. The molecular formula is C24H25ClN2O4S. The zero-order valence-electron chi connectivity index (χ0n) is 17.8. The fourth-order valence-corrected chi connectivity index (χ4v) is 4.71. The number of anilines is 1. The van der Waals surface area contributed by atoms with Crippen LogP contribution >= 0.6 is 11.6 Å². The highest BCUT2D eigenvalue weighted by Crippen LogP contribution is 2.28. The molecule has 0 aliphatic rings. The largest absolute Gasteiger partial charge is 0.482 e. The second-order valence-electron chi connectivity index (χ2n) is 7.19. The van der Waals surface area contributed by atoms with Crippen LogP contribution in [0.4, 0.5) is 5.69 Å². The van der Waals surface area contributed by atoms with Crippen LogP contribution in [0.5, 0.6) is 5.75 Å². The van der Waals surface area contributed by atoms with E-state index in [1.807, 2.05) is 61.5 Å². The number of hydrogen-bond donors (Lipinski definition) is 2. The first-order valence-corrected chi connectivity index (χ1v) is 12.0. The molecule has 3 aromatic rings. The molecular weight excluding hydrogens is 448 g/mol. The van der Waals surface area contributed by atoms with Gasteiger partial charge < -0.3 is 10.1 Å². The van der Waals surface area contributed by atoms with Gasteiger partial charge in [0.1, 0.15) is 5.75 Å². The average Bonchev–Trinajstić information content (AvgIpc) is 2.79. The van der Waals surface area contributed by atoms with Gasteiger partial charge in [0.2, 0.25) is 10.0 Å². The Morgan fingerprint density at radius 2 is 1.72 bits per heavy atom. The quantitative estimate of drug-likeness (QED) is 0.461. The van der Waals surface area contributed by atoms with Crippen molar-refractivity contribution in [2.75, 3.05) is 11.9 Å². The molecule has 168 valence electrons. The summed E-state index contributed by atoms with van der Waals surface area (Å²) in [6, 6.07) is 20.5. The number of amides is 1. The van der Waals surface area contributed by atoms with E-state index >= 15 is 0 Å². The monoisotopic (exact) mass is 472 g/mol. The number of benzene rings is 3. The number of hydrogen-bond acceptors (Lipinski definition) is 4. The number of sulfonamides is 1. The van der Waals surface area contributed by atoms with Gasteiger partial charge in [-0.1, -0.05) is 67.1 Å². The lowest BCUT2D eigenvalue weighted by atomic mass is 10.1. The third kappa shape index (κ3) is 6.09. The van der Waals surface area contributed by atoms with Crippen LogP contribution in [-0.2, 0) is 21.2 Å². The Balaban J connectivity index is 1.63. The van der Waals surface area contributed by atoms with Crippen LogP contribution in [0.1, 0.15) is 31.0 Å². The summed E-state index contributed by atoms with van der Waals surface area (Å²) in [6.07, 6.45) is 0.788.